The molecule has 1 unspecified atom stereocenters. The first kappa shape index (κ1) is 13.2. The molecule has 1 heterocycles. The Morgan fingerprint density at radius 3 is 2.56 bits per heavy atom. The van der Waals surface area contributed by atoms with Gasteiger partial charge in [-0.3, -0.25) is 0 Å². The van der Waals surface area contributed by atoms with Gasteiger partial charge < -0.3 is 5.32 Å². The van der Waals surface area contributed by atoms with Gasteiger partial charge in [0.05, 0.1) is 0 Å². The second kappa shape index (κ2) is 5.63. The van der Waals surface area contributed by atoms with Crippen LogP contribution in [0.3, 0.4) is 0 Å². The van der Waals surface area contributed by atoms with Crippen molar-refractivity contribution in [2.75, 3.05) is 7.05 Å². The van der Waals surface area contributed by atoms with Gasteiger partial charge in [-0.1, -0.05) is 6.07 Å². The maximum Gasteiger partial charge on any atom is 0.123 e. The Kier molecular flexibility index (Phi) is 4.15. The average molecular weight is 263 g/mol. The van der Waals surface area contributed by atoms with Gasteiger partial charge in [-0.05, 0) is 67.6 Å². The summed E-state index contributed by atoms with van der Waals surface area (Å²) in [6.45, 7) is 4.10. The number of benzene rings is 1. The normalized spacial score (nSPS) is 12.7. The zero-order chi connectivity index (χ0) is 13.1. The Hall–Kier alpha value is -1.19. The van der Waals surface area contributed by atoms with Gasteiger partial charge in [-0.2, -0.15) is 0 Å². The van der Waals surface area contributed by atoms with E-state index in [4.69, 9.17) is 0 Å². The van der Waals surface area contributed by atoms with Crippen molar-refractivity contribution in [3.8, 4) is 0 Å². The summed E-state index contributed by atoms with van der Waals surface area (Å²) < 4.78 is 13.1. The van der Waals surface area contributed by atoms with Gasteiger partial charge in [0, 0.05) is 10.9 Å². The Bertz CT molecular complexity index is 533. The molecule has 0 bridgehead atoms. The molecule has 0 aliphatic rings. The number of halogens is 1. The second-order valence-electron chi connectivity index (χ2n) is 4.58. The van der Waals surface area contributed by atoms with Crippen molar-refractivity contribution in [3.05, 3.63) is 57.0 Å². The Morgan fingerprint density at radius 1 is 1.22 bits per heavy atom. The summed E-state index contributed by atoms with van der Waals surface area (Å²) >= 11 is 1.77. The summed E-state index contributed by atoms with van der Waals surface area (Å²) in [4.78, 5) is 1.36. The molecule has 1 aromatic carbocycles. The summed E-state index contributed by atoms with van der Waals surface area (Å²) in [5, 5.41) is 5.47. The molecule has 1 atom stereocenters. The van der Waals surface area contributed by atoms with Crippen LogP contribution in [0.2, 0.25) is 0 Å². The lowest BCUT2D eigenvalue weighted by Gasteiger charge is -2.17. The van der Waals surface area contributed by atoms with Gasteiger partial charge in [0.25, 0.3) is 0 Å². The third-order valence-corrected chi connectivity index (χ3v) is 4.43. The van der Waals surface area contributed by atoms with Crippen LogP contribution in [0.4, 0.5) is 4.39 Å². The number of hydrogen-bond acceptors (Lipinski definition) is 2. The summed E-state index contributed by atoms with van der Waals surface area (Å²) in [6.07, 6.45) is 0.893. The molecule has 0 radical (unpaired) electrons. The lowest BCUT2D eigenvalue weighted by molar-refractivity contribution is 0.593. The molecular weight excluding hydrogens is 245 g/mol. The second-order valence-corrected chi connectivity index (χ2v) is 5.53. The van der Waals surface area contributed by atoms with E-state index in [0.29, 0.717) is 6.04 Å². The maximum absolute atomic E-state index is 13.1. The first-order valence-electron chi connectivity index (χ1n) is 6.08. The Labute approximate surface area is 112 Å². The highest BCUT2D eigenvalue weighted by Crippen LogP contribution is 2.27. The van der Waals surface area contributed by atoms with Crippen molar-refractivity contribution < 1.29 is 4.39 Å². The number of hydrogen-bond donors (Lipinski definition) is 1. The monoisotopic (exact) mass is 263 g/mol. The number of thiophene rings is 1. The first-order chi connectivity index (χ1) is 8.61. The molecule has 96 valence electrons. The maximum atomic E-state index is 13.1. The molecule has 0 aliphatic heterocycles. The largest absolute Gasteiger partial charge is 0.312 e. The van der Waals surface area contributed by atoms with Crippen molar-refractivity contribution in [2.45, 2.75) is 26.3 Å². The summed E-state index contributed by atoms with van der Waals surface area (Å²) in [5.41, 5.74) is 3.53. The molecule has 1 aromatic heterocycles. The van der Waals surface area contributed by atoms with Gasteiger partial charge in [0.2, 0.25) is 0 Å². The molecule has 2 rings (SSSR count). The molecule has 1 N–H and O–H groups in total. The summed E-state index contributed by atoms with van der Waals surface area (Å²) in [7, 11) is 1.97. The smallest absolute Gasteiger partial charge is 0.123 e. The van der Waals surface area contributed by atoms with E-state index in [1.807, 2.05) is 20.0 Å². The van der Waals surface area contributed by atoms with Crippen LogP contribution < -0.4 is 5.32 Å². The van der Waals surface area contributed by atoms with Crippen LogP contribution in [0, 0.1) is 19.7 Å². The average Bonchev–Trinajstić information content (AvgIpc) is 2.75. The standard InChI is InChI=1S/C15H18FNS/c1-10-6-7-18-15(10)14(17-3)9-12-4-5-13(16)8-11(12)2/h4-8,14,17H,9H2,1-3H3. The molecule has 2 aromatic rings. The van der Waals surface area contributed by atoms with Crippen LogP contribution in [0.5, 0.6) is 0 Å². The minimum atomic E-state index is -0.162. The summed E-state index contributed by atoms with van der Waals surface area (Å²) in [5.74, 6) is -0.162. The van der Waals surface area contributed by atoms with Crippen molar-refractivity contribution in [3.63, 3.8) is 0 Å². The predicted octanol–water partition coefficient (Wildman–Crippen LogP) is 4.01. The van der Waals surface area contributed by atoms with Gasteiger partial charge in [-0.25, -0.2) is 4.39 Å². The lowest BCUT2D eigenvalue weighted by Crippen LogP contribution is -2.19. The van der Waals surface area contributed by atoms with E-state index in [0.717, 1.165) is 12.0 Å². The van der Waals surface area contributed by atoms with Gasteiger partial charge in [0.1, 0.15) is 5.82 Å². The third kappa shape index (κ3) is 2.79. The number of likely N-dealkylation sites (N-methyl/N-ethyl adjacent to an activating group) is 1. The molecule has 18 heavy (non-hydrogen) atoms. The topological polar surface area (TPSA) is 12.0 Å². The minimum Gasteiger partial charge on any atom is -0.312 e. The van der Waals surface area contributed by atoms with E-state index >= 15 is 0 Å². The molecule has 0 aliphatic carbocycles. The molecule has 3 heteroatoms. The highest BCUT2D eigenvalue weighted by atomic mass is 32.1. The molecule has 0 spiro atoms. The third-order valence-electron chi connectivity index (χ3n) is 3.30. The van der Waals surface area contributed by atoms with Crippen LogP contribution in [-0.4, -0.2) is 7.05 Å². The lowest BCUT2D eigenvalue weighted by atomic mass is 9.99. The molecule has 1 nitrogen and oxygen atoms in total. The zero-order valence-electron chi connectivity index (χ0n) is 11.0. The van der Waals surface area contributed by atoms with Crippen molar-refractivity contribution in [1.82, 2.24) is 5.32 Å². The van der Waals surface area contributed by atoms with Crippen molar-refractivity contribution in [2.24, 2.45) is 0 Å². The Balaban J connectivity index is 2.23. The van der Waals surface area contributed by atoms with Gasteiger partial charge in [-0.15, -0.1) is 11.3 Å². The quantitative estimate of drug-likeness (QED) is 0.879. The number of aryl methyl sites for hydroxylation is 2. The van der Waals surface area contributed by atoms with Crippen LogP contribution in [0.1, 0.15) is 27.6 Å². The first-order valence-corrected chi connectivity index (χ1v) is 6.96. The van der Waals surface area contributed by atoms with Crippen molar-refractivity contribution >= 4 is 11.3 Å². The van der Waals surface area contributed by atoms with E-state index in [1.54, 1.807) is 17.4 Å². The van der Waals surface area contributed by atoms with Crippen LogP contribution in [0.15, 0.2) is 29.6 Å². The molecule has 0 amide bonds. The highest BCUT2D eigenvalue weighted by Gasteiger charge is 2.15. The van der Waals surface area contributed by atoms with E-state index in [9.17, 15) is 4.39 Å². The molecule has 0 fully saturated rings. The van der Waals surface area contributed by atoms with Gasteiger partial charge >= 0.3 is 0 Å². The van der Waals surface area contributed by atoms with Crippen LogP contribution >= 0.6 is 11.3 Å². The minimum absolute atomic E-state index is 0.162. The fourth-order valence-electron chi connectivity index (χ4n) is 2.18. The number of nitrogens with one attached hydrogen (secondary N) is 1. The van der Waals surface area contributed by atoms with Crippen LogP contribution in [-0.2, 0) is 6.42 Å². The molecule has 0 saturated heterocycles. The SMILES string of the molecule is CNC(Cc1ccc(F)cc1C)c1sccc1C. The molecule has 0 saturated carbocycles. The van der Waals surface area contributed by atoms with Gasteiger partial charge in [0.15, 0.2) is 0 Å². The summed E-state index contributed by atoms with van der Waals surface area (Å²) in [6, 6.07) is 7.47. The number of rotatable bonds is 4. The highest BCUT2D eigenvalue weighted by molar-refractivity contribution is 7.10. The van der Waals surface area contributed by atoms with Crippen molar-refractivity contribution in [1.29, 1.82) is 0 Å². The Morgan fingerprint density at radius 2 is 2.00 bits per heavy atom. The molecular formula is C15H18FNS. The van der Waals surface area contributed by atoms with E-state index in [2.05, 4.69) is 23.7 Å². The van der Waals surface area contributed by atoms with E-state index in [-0.39, 0.29) is 5.82 Å². The fraction of sp³-hybridized carbons (Fsp3) is 0.333. The van der Waals surface area contributed by atoms with E-state index < -0.39 is 0 Å². The predicted molar refractivity (Wildman–Crippen MR) is 75.7 cm³/mol. The fourth-order valence-corrected chi connectivity index (χ4v) is 3.21. The zero-order valence-corrected chi connectivity index (χ0v) is 11.8. The van der Waals surface area contributed by atoms with Crippen LogP contribution in [0.25, 0.3) is 0 Å². The van der Waals surface area contributed by atoms with E-state index in [1.165, 1.54) is 22.1 Å².